The SMILES string of the molecule is Cc1ccc(/C(=C/Sc2ccccc2)C(=O)NC=O)cc1C. The molecule has 2 amide bonds. The second kappa shape index (κ2) is 7.61. The third-order valence-corrected chi connectivity index (χ3v) is 4.21. The Morgan fingerprint density at radius 3 is 2.41 bits per heavy atom. The second-order valence-corrected chi connectivity index (χ2v) is 5.80. The molecule has 22 heavy (non-hydrogen) atoms. The van der Waals surface area contributed by atoms with Crippen molar-refractivity contribution in [1.29, 1.82) is 0 Å². The zero-order chi connectivity index (χ0) is 15.9. The molecule has 3 nitrogen and oxygen atoms in total. The lowest BCUT2D eigenvalue weighted by Gasteiger charge is -2.09. The van der Waals surface area contributed by atoms with Gasteiger partial charge in [-0.25, -0.2) is 0 Å². The van der Waals surface area contributed by atoms with Gasteiger partial charge < -0.3 is 0 Å². The van der Waals surface area contributed by atoms with Crippen molar-refractivity contribution >= 4 is 29.7 Å². The van der Waals surface area contributed by atoms with Crippen LogP contribution in [0.3, 0.4) is 0 Å². The van der Waals surface area contributed by atoms with Crippen molar-refractivity contribution in [3.8, 4) is 0 Å². The molecule has 1 N–H and O–H groups in total. The molecule has 0 heterocycles. The molecule has 0 aliphatic carbocycles. The van der Waals surface area contributed by atoms with E-state index < -0.39 is 5.91 Å². The van der Waals surface area contributed by atoms with Crippen molar-refractivity contribution in [1.82, 2.24) is 5.32 Å². The number of hydrogen-bond acceptors (Lipinski definition) is 3. The van der Waals surface area contributed by atoms with Gasteiger partial charge in [0.1, 0.15) is 0 Å². The van der Waals surface area contributed by atoms with E-state index in [1.807, 2.05) is 62.4 Å². The summed E-state index contributed by atoms with van der Waals surface area (Å²) in [5, 5.41) is 3.99. The third kappa shape index (κ3) is 4.09. The Kier molecular flexibility index (Phi) is 5.55. The van der Waals surface area contributed by atoms with Gasteiger partial charge in [-0.15, -0.1) is 0 Å². The summed E-state index contributed by atoms with van der Waals surface area (Å²) in [6.45, 7) is 4.02. The smallest absolute Gasteiger partial charge is 0.258 e. The number of thioether (sulfide) groups is 1. The van der Waals surface area contributed by atoms with Crippen LogP contribution < -0.4 is 5.32 Å². The van der Waals surface area contributed by atoms with E-state index in [1.165, 1.54) is 11.8 Å². The lowest BCUT2D eigenvalue weighted by molar-refractivity contribution is -0.121. The minimum Gasteiger partial charge on any atom is -0.295 e. The first-order valence-corrected chi connectivity index (χ1v) is 7.74. The molecule has 2 aromatic carbocycles. The third-order valence-electron chi connectivity index (χ3n) is 3.31. The van der Waals surface area contributed by atoms with Gasteiger partial charge >= 0.3 is 0 Å². The quantitative estimate of drug-likeness (QED) is 0.520. The summed E-state index contributed by atoms with van der Waals surface area (Å²) in [5.41, 5.74) is 3.54. The van der Waals surface area contributed by atoms with E-state index in [0.717, 1.165) is 21.6 Å². The average molecular weight is 311 g/mol. The maximum absolute atomic E-state index is 12.1. The van der Waals surface area contributed by atoms with E-state index in [0.29, 0.717) is 12.0 Å². The molecule has 0 aliphatic heterocycles. The van der Waals surface area contributed by atoms with Crippen molar-refractivity contribution in [2.45, 2.75) is 18.7 Å². The molecule has 0 saturated carbocycles. The first-order valence-electron chi connectivity index (χ1n) is 6.86. The molecule has 0 bridgehead atoms. The fourth-order valence-corrected chi connectivity index (χ4v) is 2.73. The molecule has 0 aliphatic rings. The highest BCUT2D eigenvalue weighted by molar-refractivity contribution is 8.02. The van der Waals surface area contributed by atoms with Crippen LogP contribution >= 0.6 is 11.8 Å². The van der Waals surface area contributed by atoms with Gasteiger partial charge in [0, 0.05) is 4.90 Å². The lowest BCUT2D eigenvalue weighted by atomic mass is 10.0. The van der Waals surface area contributed by atoms with E-state index in [9.17, 15) is 9.59 Å². The van der Waals surface area contributed by atoms with E-state index in [4.69, 9.17) is 0 Å². The van der Waals surface area contributed by atoms with E-state index >= 15 is 0 Å². The molecule has 0 radical (unpaired) electrons. The maximum atomic E-state index is 12.1. The Morgan fingerprint density at radius 2 is 1.77 bits per heavy atom. The van der Waals surface area contributed by atoms with Crippen LogP contribution in [0.1, 0.15) is 16.7 Å². The summed E-state index contributed by atoms with van der Waals surface area (Å²) in [6.07, 6.45) is 0.407. The summed E-state index contributed by atoms with van der Waals surface area (Å²) in [7, 11) is 0. The highest BCUT2D eigenvalue weighted by Crippen LogP contribution is 2.26. The Morgan fingerprint density at radius 1 is 1.05 bits per heavy atom. The molecule has 2 rings (SSSR count). The van der Waals surface area contributed by atoms with Crippen LogP contribution in [0, 0.1) is 13.8 Å². The average Bonchev–Trinajstić information content (AvgIpc) is 2.52. The standard InChI is InChI=1S/C18H17NO2S/c1-13-8-9-15(10-14(13)2)17(18(21)19-12-20)11-22-16-6-4-3-5-7-16/h3-12H,1-2H3,(H,19,20,21)/b17-11-. The minimum atomic E-state index is -0.401. The van der Waals surface area contributed by atoms with Crippen LogP contribution in [-0.2, 0) is 9.59 Å². The topological polar surface area (TPSA) is 46.2 Å². The predicted octanol–water partition coefficient (Wildman–Crippen LogP) is 3.71. The monoisotopic (exact) mass is 311 g/mol. The fraction of sp³-hybridized carbons (Fsp3) is 0.111. The molecule has 2 aromatic rings. The Balaban J connectivity index is 2.35. The van der Waals surface area contributed by atoms with Gasteiger partial charge in [-0.1, -0.05) is 48.2 Å². The molecule has 0 saturated heterocycles. The van der Waals surface area contributed by atoms with Gasteiger partial charge in [-0.05, 0) is 48.1 Å². The minimum absolute atomic E-state index is 0.401. The summed E-state index contributed by atoms with van der Waals surface area (Å²) in [4.78, 5) is 23.7. The number of rotatable bonds is 5. The number of carbonyl (C=O) groups is 2. The van der Waals surface area contributed by atoms with Crippen LogP contribution in [0.25, 0.3) is 5.57 Å². The van der Waals surface area contributed by atoms with Gasteiger partial charge in [-0.2, -0.15) is 0 Å². The highest BCUT2D eigenvalue weighted by atomic mass is 32.2. The zero-order valence-electron chi connectivity index (χ0n) is 12.5. The zero-order valence-corrected chi connectivity index (χ0v) is 13.3. The van der Waals surface area contributed by atoms with Gasteiger partial charge in [0.05, 0.1) is 5.57 Å². The first-order chi connectivity index (χ1) is 10.6. The Bertz CT molecular complexity index is 708. The van der Waals surface area contributed by atoms with E-state index in [1.54, 1.807) is 5.41 Å². The van der Waals surface area contributed by atoms with Gasteiger partial charge in [-0.3, -0.25) is 14.9 Å². The molecule has 4 heteroatoms. The molecule has 112 valence electrons. The van der Waals surface area contributed by atoms with Crippen LogP contribution in [0.5, 0.6) is 0 Å². The van der Waals surface area contributed by atoms with E-state index in [-0.39, 0.29) is 0 Å². The number of carbonyl (C=O) groups excluding carboxylic acids is 2. The van der Waals surface area contributed by atoms with Crippen LogP contribution in [0.2, 0.25) is 0 Å². The van der Waals surface area contributed by atoms with Crippen molar-refractivity contribution in [2.75, 3.05) is 0 Å². The normalized spacial score (nSPS) is 11.1. The maximum Gasteiger partial charge on any atom is 0.258 e. The molecule has 0 fully saturated rings. The molecule has 0 atom stereocenters. The van der Waals surface area contributed by atoms with Gasteiger partial charge in [0.25, 0.3) is 5.91 Å². The number of amides is 2. The highest BCUT2D eigenvalue weighted by Gasteiger charge is 2.12. The second-order valence-electron chi connectivity index (χ2n) is 4.85. The Hall–Kier alpha value is -2.33. The molecule has 0 unspecified atom stereocenters. The van der Waals surface area contributed by atoms with Gasteiger partial charge in [0.2, 0.25) is 6.41 Å². The number of hydrogen-bond donors (Lipinski definition) is 1. The summed E-state index contributed by atoms with van der Waals surface area (Å²) in [6, 6.07) is 15.6. The fourth-order valence-electron chi connectivity index (χ4n) is 1.92. The van der Waals surface area contributed by atoms with Crippen molar-refractivity contribution in [2.24, 2.45) is 0 Å². The summed E-state index contributed by atoms with van der Waals surface area (Å²) < 4.78 is 0. The molecule has 0 spiro atoms. The van der Waals surface area contributed by atoms with E-state index in [2.05, 4.69) is 5.32 Å². The van der Waals surface area contributed by atoms with Crippen LogP contribution in [0.15, 0.2) is 58.8 Å². The summed E-state index contributed by atoms with van der Waals surface area (Å²) in [5.74, 6) is -0.401. The number of nitrogens with one attached hydrogen (secondary N) is 1. The number of benzene rings is 2. The largest absolute Gasteiger partial charge is 0.295 e. The lowest BCUT2D eigenvalue weighted by Crippen LogP contribution is -2.22. The predicted molar refractivity (Wildman–Crippen MR) is 90.4 cm³/mol. The Labute approximate surface area is 134 Å². The van der Waals surface area contributed by atoms with Gasteiger partial charge in [0.15, 0.2) is 0 Å². The number of aryl methyl sites for hydroxylation is 2. The summed E-state index contributed by atoms with van der Waals surface area (Å²) >= 11 is 1.45. The van der Waals surface area contributed by atoms with Crippen LogP contribution in [0.4, 0.5) is 0 Å². The van der Waals surface area contributed by atoms with Crippen molar-refractivity contribution < 1.29 is 9.59 Å². The molecule has 0 aromatic heterocycles. The molecular weight excluding hydrogens is 294 g/mol. The number of imide groups is 1. The first kappa shape index (κ1) is 16.0. The molecular formula is C18H17NO2S. The van der Waals surface area contributed by atoms with Crippen molar-refractivity contribution in [3.05, 3.63) is 70.6 Å². The van der Waals surface area contributed by atoms with Crippen molar-refractivity contribution in [3.63, 3.8) is 0 Å². The van der Waals surface area contributed by atoms with Crippen LogP contribution in [-0.4, -0.2) is 12.3 Å².